The van der Waals surface area contributed by atoms with Crippen molar-refractivity contribution in [1.82, 2.24) is 4.98 Å². The van der Waals surface area contributed by atoms with Gasteiger partial charge in [0.05, 0.1) is 12.8 Å². The topological polar surface area (TPSA) is 40.6 Å². The van der Waals surface area contributed by atoms with Gasteiger partial charge in [-0.05, 0) is 13.0 Å². The van der Waals surface area contributed by atoms with Gasteiger partial charge in [-0.25, -0.2) is 4.98 Å². The van der Waals surface area contributed by atoms with Crippen molar-refractivity contribution >= 4 is 0 Å². The number of nitrogens with zero attached hydrogens (tertiary/aromatic N) is 1. The molecule has 4 nitrogen and oxygen atoms in total. The van der Waals surface area contributed by atoms with Crippen LogP contribution in [-0.4, -0.2) is 26.0 Å². The standard InChI is InChI=1S/C9H13NO3/c1-7-8(13-6-11-2)4-5-9(10-7)12-3/h4-5H,6H2,1-3H3. The molecular weight excluding hydrogens is 170 g/mol. The van der Waals surface area contributed by atoms with Gasteiger partial charge in [0.1, 0.15) is 5.75 Å². The lowest BCUT2D eigenvalue weighted by atomic mass is 10.3. The minimum Gasteiger partial charge on any atom is -0.481 e. The highest BCUT2D eigenvalue weighted by Gasteiger charge is 2.01. The van der Waals surface area contributed by atoms with Gasteiger partial charge < -0.3 is 14.2 Å². The molecule has 0 unspecified atom stereocenters. The maximum Gasteiger partial charge on any atom is 0.213 e. The number of rotatable bonds is 4. The summed E-state index contributed by atoms with van der Waals surface area (Å²) >= 11 is 0. The Morgan fingerprint density at radius 2 is 2.08 bits per heavy atom. The third-order valence-electron chi connectivity index (χ3n) is 1.55. The Kier molecular flexibility index (Phi) is 3.52. The van der Waals surface area contributed by atoms with Crippen LogP contribution in [0.3, 0.4) is 0 Å². The maximum atomic E-state index is 5.25. The van der Waals surface area contributed by atoms with E-state index in [-0.39, 0.29) is 6.79 Å². The zero-order chi connectivity index (χ0) is 9.68. The van der Waals surface area contributed by atoms with Crippen molar-refractivity contribution in [2.45, 2.75) is 6.92 Å². The molecule has 13 heavy (non-hydrogen) atoms. The molecule has 0 radical (unpaired) electrons. The number of hydrogen-bond donors (Lipinski definition) is 0. The zero-order valence-corrected chi connectivity index (χ0v) is 8.03. The molecule has 0 aliphatic carbocycles. The Morgan fingerprint density at radius 3 is 2.62 bits per heavy atom. The number of methoxy groups -OCH3 is 2. The van der Waals surface area contributed by atoms with Crippen LogP contribution < -0.4 is 9.47 Å². The molecule has 0 aliphatic rings. The molecule has 1 rings (SSSR count). The van der Waals surface area contributed by atoms with Crippen molar-refractivity contribution in [1.29, 1.82) is 0 Å². The Labute approximate surface area is 77.5 Å². The van der Waals surface area contributed by atoms with Crippen molar-refractivity contribution in [2.24, 2.45) is 0 Å². The van der Waals surface area contributed by atoms with Crippen molar-refractivity contribution in [3.63, 3.8) is 0 Å². The minimum absolute atomic E-state index is 0.231. The van der Waals surface area contributed by atoms with Crippen LogP contribution in [0.5, 0.6) is 11.6 Å². The summed E-state index contributed by atoms with van der Waals surface area (Å²) in [6, 6.07) is 3.55. The van der Waals surface area contributed by atoms with Gasteiger partial charge in [-0.15, -0.1) is 0 Å². The summed E-state index contributed by atoms with van der Waals surface area (Å²) in [4.78, 5) is 4.14. The average molecular weight is 183 g/mol. The van der Waals surface area contributed by atoms with Crippen LogP contribution in [0, 0.1) is 6.92 Å². The van der Waals surface area contributed by atoms with Gasteiger partial charge in [0.15, 0.2) is 6.79 Å². The van der Waals surface area contributed by atoms with Crippen molar-refractivity contribution < 1.29 is 14.2 Å². The molecule has 0 aromatic carbocycles. The average Bonchev–Trinajstić information content (AvgIpc) is 2.16. The van der Waals surface area contributed by atoms with Crippen LogP contribution in [0.2, 0.25) is 0 Å². The summed E-state index contributed by atoms with van der Waals surface area (Å²) in [5.74, 6) is 1.30. The predicted octanol–water partition coefficient (Wildman–Crippen LogP) is 1.38. The summed E-state index contributed by atoms with van der Waals surface area (Å²) in [6.45, 7) is 2.09. The van der Waals surface area contributed by atoms with Gasteiger partial charge in [0.25, 0.3) is 0 Å². The first-order chi connectivity index (χ1) is 6.27. The van der Waals surface area contributed by atoms with Gasteiger partial charge in [-0.2, -0.15) is 0 Å². The summed E-state index contributed by atoms with van der Waals surface area (Å²) in [5.41, 5.74) is 0.788. The molecule has 0 aliphatic heterocycles. The van der Waals surface area contributed by atoms with E-state index in [1.165, 1.54) is 0 Å². The number of hydrogen-bond acceptors (Lipinski definition) is 4. The molecule has 4 heteroatoms. The first-order valence-corrected chi connectivity index (χ1v) is 3.91. The lowest BCUT2D eigenvalue weighted by Crippen LogP contribution is -2.01. The molecule has 0 fully saturated rings. The van der Waals surface area contributed by atoms with E-state index >= 15 is 0 Å². The summed E-state index contributed by atoms with van der Waals surface area (Å²) in [5, 5.41) is 0. The van der Waals surface area contributed by atoms with Gasteiger partial charge >= 0.3 is 0 Å². The fourth-order valence-corrected chi connectivity index (χ4v) is 0.914. The molecule has 0 bridgehead atoms. The second-order valence-corrected chi connectivity index (χ2v) is 2.49. The van der Waals surface area contributed by atoms with E-state index in [0.29, 0.717) is 11.6 Å². The fraction of sp³-hybridized carbons (Fsp3) is 0.444. The van der Waals surface area contributed by atoms with Crippen LogP contribution in [-0.2, 0) is 4.74 Å². The molecular formula is C9H13NO3. The molecule has 1 aromatic rings. The summed E-state index contributed by atoms with van der Waals surface area (Å²) in [6.07, 6.45) is 0. The van der Waals surface area contributed by atoms with Crippen molar-refractivity contribution in [3.05, 3.63) is 17.8 Å². The maximum absolute atomic E-state index is 5.25. The summed E-state index contributed by atoms with van der Waals surface area (Å²) in [7, 11) is 3.16. The molecule has 0 spiro atoms. The quantitative estimate of drug-likeness (QED) is 0.661. The Balaban J connectivity index is 2.73. The number of ether oxygens (including phenoxy) is 3. The smallest absolute Gasteiger partial charge is 0.213 e. The van der Waals surface area contributed by atoms with E-state index in [4.69, 9.17) is 14.2 Å². The minimum atomic E-state index is 0.231. The van der Waals surface area contributed by atoms with E-state index in [1.54, 1.807) is 26.4 Å². The number of aryl methyl sites for hydroxylation is 1. The van der Waals surface area contributed by atoms with Gasteiger partial charge in [-0.3, -0.25) is 0 Å². The molecule has 0 N–H and O–H groups in total. The van der Waals surface area contributed by atoms with Crippen LogP contribution in [0.25, 0.3) is 0 Å². The molecule has 0 atom stereocenters. The first kappa shape index (κ1) is 9.80. The third-order valence-corrected chi connectivity index (χ3v) is 1.55. The molecule has 0 saturated carbocycles. The highest BCUT2D eigenvalue weighted by molar-refractivity contribution is 5.30. The molecule has 0 saturated heterocycles. The van der Waals surface area contributed by atoms with E-state index in [1.807, 2.05) is 6.92 Å². The first-order valence-electron chi connectivity index (χ1n) is 3.91. The van der Waals surface area contributed by atoms with E-state index in [2.05, 4.69) is 4.98 Å². The molecule has 1 heterocycles. The zero-order valence-electron chi connectivity index (χ0n) is 8.03. The number of pyridine rings is 1. The van der Waals surface area contributed by atoms with E-state index in [9.17, 15) is 0 Å². The second-order valence-electron chi connectivity index (χ2n) is 2.49. The van der Waals surface area contributed by atoms with Crippen LogP contribution in [0.1, 0.15) is 5.69 Å². The Morgan fingerprint density at radius 1 is 1.31 bits per heavy atom. The molecule has 72 valence electrons. The van der Waals surface area contributed by atoms with E-state index < -0.39 is 0 Å². The van der Waals surface area contributed by atoms with E-state index in [0.717, 1.165) is 5.69 Å². The predicted molar refractivity (Wildman–Crippen MR) is 48.0 cm³/mol. The summed E-state index contributed by atoms with van der Waals surface area (Å²) < 4.78 is 15.0. The monoisotopic (exact) mass is 183 g/mol. The van der Waals surface area contributed by atoms with Crippen LogP contribution >= 0.6 is 0 Å². The SMILES string of the molecule is COCOc1ccc(OC)nc1C. The van der Waals surface area contributed by atoms with Gasteiger partial charge in [0.2, 0.25) is 5.88 Å². The highest BCUT2D eigenvalue weighted by Crippen LogP contribution is 2.18. The van der Waals surface area contributed by atoms with Crippen molar-refractivity contribution in [3.8, 4) is 11.6 Å². The largest absolute Gasteiger partial charge is 0.481 e. The lowest BCUT2D eigenvalue weighted by molar-refractivity contribution is 0.0502. The Bertz CT molecular complexity index is 276. The second kappa shape index (κ2) is 4.67. The van der Waals surface area contributed by atoms with Crippen LogP contribution in [0.4, 0.5) is 0 Å². The third kappa shape index (κ3) is 2.59. The number of aromatic nitrogens is 1. The lowest BCUT2D eigenvalue weighted by Gasteiger charge is -2.07. The van der Waals surface area contributed by atoms with Crippen molar-refractivity contribution in [2.75, 3.05) is 21.0 Å². The van der Waals surface area contributed by atoms with Crippen LogP contribution in [0.15, 0.2) is 12.1 Å². The fourth-order valence-electron chi connectivity index (χ4n) is 0.914. The Hall–Kier alpha value is -1.29. The van der Waals surface area contributed by atoms with Gasteiger partial charge in [0, 0.05) is 13.2 Å². The normalized spacial score (nSPS) is 9.77. The highest BCUT2D eigenvalue weighted by atomic mass is 16.7. The molecule has 1 aromatic heterocycles. The van der Waals surface area contributed by atoms with Gasteiger partial charge in [-0.1, -0.05) is 0 Å². The molecule has 0 amide bonds.